The summed E-state index contributed by atoms with van der Waals surface area (Å²) in [6.07, 6.45) is -2.30. The first-order valence-electron chi connectivity index (χ1n) is 10.6. The summed E-state index contributed by atoms with van der Waals surface area (Å²) in [6, 6.07) is 18.1. The monoisotopic (exact) mass is 513 g/mol. The van der Waals surface area contributed by atoms with Crippen LogP contribution < -0.4 is 15.8 Å². The fourth-order valence-corrected chi connectivity index (χ4v) is 3.01. The van der Waals surface area contributed by atoms with E-state index in [1.54, 1.807) is 24.3 Å². The van der Waals surface area contributed by atoms with E-state index in [1.165, 1.54) is 35.8 Å². The molecule has 0 saturated carbocycles. The summed E-state index contributed by atoms with van der Waals surface area (Å²) >= 11 is 4.99. The van der Waals surface area contributed by atoms with Crippen LogP contribution in [-0.2, 0) is 0 Å². The molecule has 0 aromatic heterocycles. The second-order valence-electron chi connectivity index (χ2n) is 7.51. The van der Waals surface area contributed by atoms with Gasteiger partial charge in [0.15, 0.2) is 0 Å². The second-order valence-corrected chi connectivity index (χ2v) is 8.13. The van der Waals surface area contributed by atoms with Crippen molar-refractivity contribution in [1.82, 2.24) is 0 Å². The van der Waals surface area contributed by atoms with E-state index in [4.69, 9.17) is 23.4 Å². The van der Waals surface area contributed by atoms with Gasteiger partial charge in [-0.15, -0.1) is 13.2 Å². The minimum absolute atomic E-state index is 0.229. The first-order valence-corrected chi connectivity index (χ1v) is 11.1. The molecule has 36 heavy (non-hydrogen) atoms. The maximum Gasteiger partial charge on any atom is 0.573 e. The van der Waals surface area contributed by atoms with Crippen LogP contribution in [0.3, 0.4) is 0 Å². The van der Waals surface area contributed by atoms with Gasteiger partial charge in [-0.2, -0.15) is 0 Å². The molecule has 0 unspecified atom stereocenters. The Balaban J connectivity index is 0.000000319. The zero-order valence-electron chi connectivity index (χ0n) is 19.9. The summed E-state index contributed by atoms with van der Waals surface area (Å²) in [7, 11) is 0. The van der Waals surface area contributed by atoms with Crippen LogP contribution in [0.4, 0.5) is 24.5 Å². The predicted octanol–water partition coefficient (Wildman–Crippen LogP) is 6.71. The summed E-state index contributed by atoms with van der Waals surface area (Å²) in [5.41, 5.74) is 11.2. The minimum Gasteiger partial charge on any atom is -0.406 e. The SMILES string of the molecule is CC(=S)Nc1c(C)cccc1C.N=Cc1ccc(C(N)=NC=Nc2ccc(OC(F)(F)F)cc2)cc1. The molecular formula is C26H26F3N5OS. The minimum atomic E-state index is -4.73. The third-order valence-corrected chi connectivity index (χ3v) is 4.73. The lowest BCUT2D eigenvalue weighted by atomic mass is 10.1. The lowest BCUT2D eigenvalue weighted by Crippen LogP contribution is -2.16. The number of para-hydroxylation sites is 1. The standard InChI is InChI=1S/C16H13F3N4O.C10H13NS/c17-16(18,19)24-14-7-5-13(6-8-14)22-10-23-15(21)12-3-1-11(9-20)2-4-12;1-7-5-4-6-8(2)10(7)11-9(3)12/h1-10,20H,(H2,21,22,23);4-6H,1-3H3,(H,11,12). The molecule has 3 aromatic carbocycles. The molecule has 0 aliphatic rings. The number of hydrogen-bond acceptors (Lipinski definition) is 4. The quantitative estimate of drug-likeness (QED) is 0.194. The number of benzene rings is 3. The number of nitrogens with one attached hydrogen (secondary N) is 2. The highest BCUT2D eigenvalue weighted by atomic mass is 32.1. The Labute approximate surface area is 213 Å². The number of nitrogens with zero attached hydrogens (tertiary/aromatic N) is 2. The van der Waals surface area contributed by atoms with E-state index in [-0.39, 0.29) is 11.6 Å². The van der Waals surface area contributed by atoms with Crippen molar-refractivity contribution < 1.29 is 17.9 Å². The number of ether oxygens (including phenoxy) is 1. The van der Waals surface area contributed by atoms with Gasteiger partial charge in [0, 0.05) is 17.5 Å². The van der Waals surface area contributed by atoms with Gasteiger partial charge in [0.1, 0.15) is 17.9 Å². The first kappa shape index (κ1) is 28.2. The molecule has 0 fully saturated rings. The van der Waals surface area contributed by atoms with Gasteiger partial charge in [-0.3, -0.25) is 0 Å². The highest BCUT2D eigenvalue weighted by Gasteiger charge is 2.30. The Hall–Kier alpha value is -4.05. The highest BCUT2D eigenvalue weighted by molar-refractivity contribution is 7.80. The molecule has 4 N–H and O–H groups in total. The Morgan fingerprint density at radius 2 is 1.58 bits per heavy atom. The van der Waals surface area contributed by atoms with Crippen LogP contribution in [0.25, 0.3) is 0 Å². The average Bonchev–Trinajstić information content (AvgIpc) is 2.82. The van der Waals surface area contributed by atoms with E-state index in [0.29, 0.717) is 11.3 Å². The topological polar surface area (TPSA) is 95.9 Å². The molecule has 0 aliphatic heterocycles. The van der Waals surface area contributed by atoms with Crippen LogP contribution in [0.15, 0.2) is 76.7 Å². The second kappa shape index (κ2) is 13.1. The first-order chi connectivity index (χ1) is 17.0. The Morgan fingerprint density at radius 1 is 1.00 bits per heavy atom. The molecule has 0 aliphatic carbocycles. The molecule has 0 heterocycles. The zero-order valence-corrected chi connectivity index (χ0v) is 20.7. The van der Waals surface area contributed by atoms with Crippen molar-refractivity contribution in [3.63, 3.8) is 0 Å². The van der Waals surface area contributed by atoms with Crippen molar-refractivity contribution in [1.29, 1.82) is 5.41 Å². The molecule has 188 valence electrons. The number of nitrogens with two attached hydrogens (primary N) is 1. The maximum atomic E-state index is 12.0. The van der Waals surface area contributed by atoms with Gasteiger partial charge in [-0.25, -0.2) is 9.98 Å². The number of thiocarbonyl (C=S) groups is 1. The molecule has 0 atom stereocenters. The summed E-state index contributed by atoms with van der Waals surface area (Å²) in [5, 5.41) is 10.3. The van der Waals surface area contributed by atoms with Crippen molar-refractivity contribution in [2.24, 2.45) is 15.7 Å². The number of aryl methyl sites for hydroxylation is 2. The number of halogens is 3. The van der Waals surface area contributed by atoms with Crippen LogP contribution >= 0.6 is 12.2 Å². The zero-order chi connectivity index (χ0) is 26.7. The number of alkyl halides is 3. The number of hydrogen-bond donors (Lipinski definition) is 3. The number of aliphatic imine (C=N–C) groups is 2. The van der Waals surface area contributed by atoms with E-state index < -0.39 is 6.36 Å². The third-order valence-electron chi connectivity index (χ3n) is 4.63. The molecule has 3 rings (SSSR count). The van der Waals surface area contributed by atoms with Gasteiger partial charge in [0.2, 0.25) is 0 Å². The number of anilines is 1. The molecule has 0 saturated heterocycles. The average molecular weight is 514 g/mol. The van der Waals surface area contributed by atoms with E-state index in [9.17, 15) is 13.2 Å². The van der Waals surface area contributed by atoms with Gasteiger partial charge in [0.25, 0.3) is 0 Å². The summed E-state index contributed by atoms with van der Waals surface area (Å²) in [6.45, 7) is 6.04. The van der Waals surface area contributed by atoms with Crippen molar-refractivity contribution in [3.05, 3.63) is 89.0 Å². The molecule has 0 bridgehead atoms. The largest absolute Gasteiger partial charge is 0.573 e. The summed E-state index contributed by atoms with van der Waals surface area (Å²) in [5.74, 6) is -0.0944. The van der Waals surface area contributed by atoms with Gasteiger partial charge in [-0.1, -0.05) is 54.7 Å². The summed E-state index contributed by atoms with van der Waals surface area (Å²) in [4.78, 5) is 8.75. The predicted molar refractivity (Wildman–Crippen MR) is 144 cm³/mol. The smallest absolute Gasteiger partial charge is 0.406 e. The van der Waals surface area contributed by atoms with Crippen molar-refractivity contribution >= 4 is 47.0 Å². The number of rotatable bonds is 6. The molecule has 0 radical (unpaired) electrons. The van der Waals surface area contributed by atoms with Crippen LogP contribution in [-0.4, -0.2) is 29.7 Å². The van der Waals surface area contributed by atoms with Gasteiger partial charge in [0.05, 0.1) is 10.7 Å². The third kappa shape index (κ3) is 9.67. The maximum absolute atomic E-state index is 12.0. The van der Waals surface area contributed by atoms with E-state index in [1.807, 2.05) is 6.92 Å². The van der Waals surface area contributed by atoms with Gasteiger partial charge in [-0.05, 0) is 61.7 Å². The van der Waals surface area contributed by atoms with E-state index in [0.717, 1.165) is 28.4 Å². The van der Waals surface area contributed by atoms with Gasteiger partial charge >= 0.3 is 6.36 Å². The fraction of sp³-hybridized carbons (Fsp3) is 0.154. The van der Waals surface area contributed by atoms with Crippen LogP contribution in [0.1, 0.15) is 29.2 Å². The lowest BCUT2D eigenvalue weighted by Gasteiger charge is -2.10. The number of amidine groups is 1. The Morgan fingerprint density at radius 3 is 2.08 bits per heavy atom. The molecule has 10 heteroatoms. The van der Waals surface area contributed by atoms with Gasteiger partial charge < -0.3 is 21.2 Å². The van der Waals surface area contributed by atoms with Crippen molar-refractivity contribution in [2.45, 2.75) is 27.1 Å². The van der Waals surface area contributed by atoms with Crippen molar-refractivity contribution in [3.8, 4) is 5.75 Å². The van der Waals surface area contributed by atoms with Crippen LogP contribution in [0.5, 0.6) is 5.75 Å². The van der Waals surface area contributed by atoms with E-state index >= 15 is 0 Å². The fourth-order valence-electron chi connectivity index (χ4n) is 2.90. The molecule has 0 spiro atoms. The molecule has 0 amide bonds. The highest BCUT2D eigenvalue weighted by Crippen LogP contribution is 2.24. The van der Waals surface area contributed by atoms with Crippen LogP contribution in [0, 0.1) is 19.3 Å². The Kier molecular flexibility index (Phi) is 10.3. The van der Waals surface area contributed by atoms with Crippen molar-refractivity contribution in [2.75, 3.05) is 5.32 Å². The van der Waals surface area contributed by atoms with Crippen LogP contribution in [0.2, 0.25) is 0 Å². The van der Waals surface area contributed by atoms with E-state index in [2.05, 4.69) is 52.1 Å². The normalized spacial score (nSPS) is 11.4. The Bertz CT molecular complexity index is 1220. The molecular weight excluding hydrogens is 487 g/mol. The molecule has 6 nitrogen and oxygen atoms in total. The molecule has 3 aromatic rings. The lowest BCUT2D eigenvalue weighted by molar-refractivity contribution is -0.274. The summed E-state index contributed by atoms with van der Waals surface area (Å²) < 4.78 is 39.9.